The normalized spacial score (nSPS) is 26.2. The lowest BCUT2D eigenvalue weighted by molar-refractivity contribution is -0.121. The highest BCUT2D eigenvalue weighted by molar-refractivity contribution is 5.99. The molecule has 0 aromatic heterocycles. The predicted molar refractivity (Wildman–Crippen MR) is 82.0 cm³/mol. The van der Waals surface area contributed by atoms with Gasteiger partial charge in [0.15, 0.2) is 0 Å². The first-order chi connectivity index (χ1) is 9.66. The molecule has 3 heteroatoms. The summed E-state index contributed by atoms with van der Waals surface area (Å²) in [7, 11) is 0. The second-order valence-electron chi connectivity index (χ2n) is 6.31. The van der Waals surface area contributed by atoms with E-state index in [2.05, 4.69) is 37.4 Å². The minimum atomic E-state index is 0.00399. The van der Waals surface area contributed by atoms with Crippen molar-refractivity contribution in [3.05, 3.63) is 29.3 Å². The second kappa shape index (κ2) is 5.57. The van der Waals surface area contributed by atoms with E-state index in [9.17, 15) is 4.79 Å². The molecule has 2 heterocycles. The fourth-order valence-corrected chi connectivity index (χ4v) is 3.55. The summed E-state index contributed by atoms with van der Waals surface area (Å²) in [6.07, 6.45) is 4.32. The summed E-state index contributed by atoms with van der Waals surface area (Å²) in [6.45, 7) is 6.19. The van der Waals surface area contributed by atoms with Crippen LogP contribution in [0.4, 0.5) is 5.69 Å². The lowest BCUT2D eigenvalue weighted by Crippen LogP contribution is -2.51. The molecule has 2 unspecified atom stereocenters. The van der Waals surface area contributed by atoms with E-state index in [4.69, 9.17) is 0 Å². The Bertz CT molecular complexity index is 512. The standard InChI is InChI=1S/C17H24N2O/c1-12-8-9-18-15(11-12)17(20)19-10-4-7-14-6-3-5-13(2)16(14)19/h3,5-6,12,15,18H,4,7-11H2,1-2H3. The molecular formula is C17H24N2O. The van der Waals surface area contributed by atoms with E-state index in [0.717, 1.165) is 32.4 Å². The second-order valence-corrected chi connectivity index (χ2v) is 6.31. The van der Waals surface area contributed by atoms with Crippen LogP contribution in [-0.2, 0) is 11.2 Å². The largest absolute Gasteiger partial charge is 0.311 e. The number of amides is 1. The van der Waals surface area contributed by atoms with Gasteiger partial charge in [-0.15, -0.1) is 0 Å². The zero-order valence-corrected chi connectivity index (χ0v) is 12.5. The van der Waals surface area contributed by atoms with Crippen molar-refractivity contribution in [1.82, 2.24) is 5.32 Å². The highest BCUT2D eigenvalue weighted by Gasteiger charge is 2.31. The number of hydrogen-bond acceptors (Lipinski definition) is 2. The summed E-state index contributed by atoms with van der Waals surface area (Å²) in [5.74, 6) is 0.915. The number of nitrogens with one attached hydrogen (secondary N) is 1. The molecule has 1 amide bonds. The van der Waals surface area contributed by atoms with Gasteiger partial charge in [0.05, 0.1) is 6.04 Å². The Kier molecular flexibility index (Phi) is 3.79. The van der Waals surface area contributed by atoms with E-state index in [1.165, 1.54) is 23.2 Å². The maximum atomic E-state index is 12.9. The van der Waals surface area contributed by atoms with Gasteiger partial charge >= 0.3 is 0 Å². The molecule has 0 spiro atoms. The van der Waals surface area contributed by atoms with E-state index in [1.807, 2.05) is 4.90 Å². The number of anilines is 1. The minimum absolute atomic E-state index is 0.00399. The smallest absolute Gasteiger partial charge is 0.244 e. The number of piperidine rings is 1. The van der Waals surface area contributed by atoms with Crippen molar-refractivity contribution in [3.63, 3.8) is 0 Å². The van der Waals surface area contributed by atoms with Gasteiger partial charge in [0.1, 0.15) is 0 Å². The van der Waals surface area contributed by atoms with Gasteiger partial charge in [0.2, 0.25) is 5.91 Å². The molecule has 2 atom stereocenters. The summed E-state index contributed by atoms with van der Waals surface area (Å²) < 4.78 is 0. The van der Waals surface area contributed by atoms with Gasteiger partial charge in [-0.3, -0.25) is 4.79 Å². The van der Waals surface area contributed by atoms with E-state index in [-0.39, 0.29) is 11.9 Å². The number of fused-ring (bicyclic) bond motifs is 1. The quantitative estimate of drug-likeness (QED) is 0.852. The molecule has 1 N–H and O–H groups in total. The Morgan fingerprint density at radius 2 is 2.25 bits per heavy atom. The average molecular weight is 272 g/mol. The fourth-order valence-electron chi connectivity index (χ4n) is 3.55. The third kappa shape index (κ3) is 2.47. The summed E-state index contributed by atoms with van der Waals surface area (Å²) in [6, 6.07) is 6.38. The third-order valence-electron chi connectivity index (χ3n) is 4.65. The van der Waals surface area contributed by atoms with Gasteiger partial charge in [-0.2, -0.15) is 0 Å². The summed E-state index contributed by atoms with van der Waals surface area (Å²) in [5, 5.41) is 3.41. The van der Waals surface area contributed by atoms with Crippen LogP contribution in [0.3, 0.4) is 0 Å². The van der Waals surface area contributed by atoms with Crippen molar-refractivity contribution in [2.45, 2.75) is 45.6 Å². The van der Waals surface area contributed by atoms with Crippen LogP contribution < -0.4 is 10.2 Å². The number of carbonyl (C=O) groups is 1. The van der Waals surface area contributed by atoms with Crippen molar-refractivity contribution in [1.29, 1.82) is 0 Å². The van der Waals surface area contributed by atoms with E-state index in [1.54, 1.807) is 0 Å². The number of rotatable bonds is 1. The monoisotopic (exact) mass is 272 g/mol. The molecule has 0 bridgehead atoms. The van der Waals surface area contributed by atoms with Crippen LogP contribution in [0.15, 0.2) is 18.2 Å². The maximum absolute atomic E-state index is 12.9. The van der Waals surface area contributed by atoms with Gasteiger partial charge in [-0.25, -0.2) is 0 Å². The van der Waals surface area contributed by atoms with Crippen LogP contribution in [0.2, 0.25) is 0 Å². The number of benzene rings is 1. The Morgan fingerprint density at radius 3 is 3.05 bits per heavy atom. The van der Waals surface area contributed by atoms with Gasteiger partial charge < -0.3 is 10.2 Å². The number of aryl methyl sites for hydroxylation is 2. The molecule has 1 saturated heterocycles. The Labute approximate surface area is 121 Å². The van der Waals surface area contributed by atoms with E-state index < -0.39 is 0 Å². The molecular weight excluding hydrogens is 248 g/mol. The van der Waals surface area contributed by atoms with Crippen LogP contribution >= 0.6 is 0 Å². The van der Waals surface area contributed by atoms with E-state index in [0.29, 0.717) is 5.92 Å². The van der Waals surface area contributed by atoms with Crippen molar-refractivity contribution in [2.75, 3.05) is 18.0 Å². The zero-order valence-electron chi connectivity index (χ0n) is 12.5. The van der Waals surface area contributed by atoms with Crippen molar-refractivity contribution < 1.29 is 4.79 Å². The Morgan fingerprint density at radius 1 is 1.40 bits per heavy atom. The molecule has 3 nitrogen and oxygen atoms in total. The number of nitrogens with zero attached hydrogens (tertiary/aromatic N) is 1. The van der Waals surface area contributed by atoms with Gasteiger partial charge in [-0.05, 0) is 56.2 Å². The van der Waals surface area contributed by atoms with Crippen LogP contribution in [-0.4, -0.2) is 25.0 Å². The van der Waals surface area contributed by atoms with Gasteiger partial charge in [-0.1, -0.05) is 25.1 Å². The first-order valence-corrected chi connectivity index (χ1v) is 7.80. The van der Waals surface area contributed by atoms with Crippen LogP contribution in [0, 0.1) is 12.8 Å². The molecule has 3 rings (SSSR count). The van der Waals surface area contributed by atoms with Crippen molar-refractivity contribution in [3.8, 4) is 0 Å². The molecule has 0 radical (unpaired) electrons. The topological polar surface area (TPSA) is 32.3 Å². The molecule has 2 aliphatic heterocycles. The van der Waals surface area contributed by atoms with Gasteiger partial charge in [0.25, 0.3) is 0 Å². The number of hydrogen-bond donors (Lipinski definition) is 1. The van der Waals surface area contributed by atoms with Crippen LogP contribution in [0.1, 0.15) is 37.3 Å². The lowest BCUT2D eigenvalue weighted by Gasteiger charge is -2.36. The first kappa shape index (κ1) is 13.6. The Balaban J connectivity index is 1.86. The number of para-hydroxylation sites is 1. The molecule has 20 heavy (non-hydrogen) atoms. The van der Waals surface area contributed by atoms with Gasteiger partial charge in [0, 0.05) is 12.2 Å². The first-order valence-electron chi connectivity index (χ1n) is 7.80. The van der Waals surface area contributed by atoms with Crippen molar-refractivity contribution >= 4 is 11.6 Å². The molecule has 1 aromatic carbocycles. The number of carbonyl (C=O) groups excluding carboxylic acids is 1. The zero-order chi connectivity index (χ0) is 14.1. The predicted octanol–water partition coefficient (Wildman–Crippen LogP) is 2.66. The molecule has 2 aliphatic rings. The summed E-state index contributed by atoms with van der Waals surface area (Å²) in [4.78, 5) is 14.9. The summed E-state index contributed by atoms with van der Waals surface area (Å²) >= 11 is 0. The lowest BCUT2D eigenvalue weighted by atomic mass is 9.92. The molecule has 0 saturated carbocycles. The summed E-state index contributed by atoms with van der Waals surface area (Å²) in [5.41, 5.74) is 3.72. The fraction of sp³-hybridized carbons (Fsp3) is 0.588. The molecule has 0 aliphatic carbocycles. The SMILES string of the molecule is Cc1cccc2c1N(C(=O)C1CC(C)CCN1)CCC2. The van der Waals surface area contributed by atoms with Crippen LogP contribution in [0.25, 0.3) is 0 Å². The highest BCUT2D eigenvalue weighted by atomic mass is 16.2. The minimum Gasteiger partial charge on any atom is -0.311 e. The average Bonchev–Trinajstić information content (AvgIpc) is 2.46. The molecule has 1 fully saturated rings. The van der Waals surface area contributed by atoms with E-state index >= 15 is 0 Å². The van der Waals surface area contributed by atoms with Crippen molar-refractivity contribution in [2.24, 2.45) is 5.92 Å². The molecule has 1 aromatic rings. The van der Waals surface area contributed by atoms with Crippen LogP contribution in [0.5, 0.6) is 0 Å². The Hall–Kier alpha value is -1.35. The maximum Gasteiger partial charge on any atom is 0.244 e. The third-order valence-corrected chi connectivity index (χ3v) is 4.65. The molecule has 108 valence electrons. The highest BCUT2D eigenvalue weighted by Crippen LogP contribution is 2.31.